The molecule has 0 amide bonds. The molecule has 50 heavy (non-hydrogen) atoms. The molecule has 236 valence electrons. The zero-order valence-corrected chi connectivity index (χ0v) is 27.4. The van der Waals surface area contributed by atoms with E-state index in [-0.39, 0.29) is 0 Å². The van der Waals surface area contributed by atoms with Crippen molar-refractivity contribution >= 4 is 39.0 Å². The SMILES string of the molecule is c1ccc(-c2ccc(-c3cccc(N(c4ccccc4-c4ccccc4)c4ccc(-c5ccccc5)c5oc6ccccc6c45)c3)cc2)cc1. The molecule has 2 nitrogen and oxygen atoms in total. The van der Waals surface area contributed by atoms with Crippen molar-refractivity contribution < 1.29 is 4.42 Å². The minimum atomic E-state index is 0.871. The lowest BCUT2D eigenvalue weighted by Crippen LogP contribution is -2.12. The van der Waals surface area contributed by atoms with Gasteiger partial charge >= 0.3 is 0 Å². The average Bonchev–Trinajstić information content (AvgIpc) is 3.60. The summed E-state index contributed by atoms with van der Waals surface area (Å²) in [6, 6.07) is 71.0. The normalized spacial score (nSPS) is 11.2. The van der Waals surface area contributed by atoms with Crippen LogP contribution in [-0.2, 0) is 0 Å². The third-order valence-corrected chi connectivity index (χ3v) is 9.49. The van der Waals surface area contributed by atoms with Gasteiger partial charge in [-0.25, -0.2) is 0 Å². The Labute approximate surface area is 292 Å². The van der Waals surface area contributed by atoms with Crippen molar-refractivity contribution in [3.63, 3.8) is 0 Å². The summed E-state index contributed by atoms with van der Waals surface area (Å²) in [5.41, 5.74) is 14.2. The molecule has 9 aromatic rings. The molecule has 0 fully saturated rings. The van der Waals surface area contributed by atoms with Gasteiger partial charge in [-0.2, -0.15) is 0 Å². The van der Waals surface area contributed by atoms with Gasteiger partial charge in [0.1, 0.15) is 11.2 Å². The highest BCUT2D eigenvalue weighted by Gasteiger charge is 2.24. The van der Waals surface area contributed by atoms with Gasteiger partial charge in [0.2, 0.25) is 0 Å². The van der Waals surface area contributed by atoms with Crippen molar-refractivity contribution in [1.29, 1.82) is 0 Å². The van der Waals surface area contributed by atoms with Crippen LogP contribution in [0.15, 0.2) is 205 Å². The molecular formula is C48H33NO. The third-order valence-electron chi connectivity index (χ3n) is 9.49. The van der Waals surface area contributed by atoms with Gasteiger partial charge in [-0.1, -0.05) is 164 Å². The van der Waals surface area contributed by atoms with Crippen LogP contribution in [0.4, 0.5) is 17.1 Å². The molecular weight excluding hydrogens is 607 g/mol. The molecule has 0 saturated heterocycles. The molecule has 0 bridgehead atoms. The van der Waals surface area contributed by atoms with Crippen molar-refractivity contribution in [3.8, 4) is 44.5 Å². The van der Waals surface area contributed by atoms with E-state index in [1.807, 2.05) is 6.07 Å². The van der Waals surface area contributed by atoms with Crippen LogP contribution in [-0.4, -0.2) is 0 Å². The fraction of sp³-hybridized carbons (Fsp3) is 0. The third kappa shape index (κ3) is 5.34. The van der Waals surface area contributed by atoms with Crippen LogP contribution in [0.25, 0.3) is 66.4 Å². The Morgan fingerprint density at radius 1 is 0.340 bits per heavy atom. The fourth-order valence-electron chi connectivity index (χ4n) is 7.09. The summed E-state index contributed by atoms with van der Waals surface area (Å²) in [5, 5.41) is 2.17. The molecule has 0 aliphatic carbocycles. The predicted molar refractivity (Wildman–Crippen MR) is 210 cm³/mol. The highest BCUT2D eigenvalue weighted by atomic mass is 16.3. The Kier molecular flexibility index (Phi) is 7.53. The molecule has 1 aromatic heterocycles. The number of furan rings is 1. The number of hydrogen-bond donors (Lipinski definition) is 0. The van der Waals surface area contributed by atoms with Crippen LogP contribution in [0.5, 0.6) is 0 Å². The van der Waals surface area contributed by atoms with E-state index in [0.29, 0.717) is 0 Å². The first-order valence-corrected chi connectivity index (χ1v) is 17.0. The van der Waals surface area contributed by atoms with Crippen LogP contribution < -0.4 is 4.90 Å². The second-order valence-electron chi connectivity index (χ2n) is 12.5. The monoisotopic (exact) mass is 639 g/mol. The van der Waals surface area contributed by atoms with Crippen molar-refractivity contribution in [2.45, 2.75) is 0 Å². The van der Waals surface area contributed by atoms with Crippen molar-refractivity contribution in [2.24, 2.45) is 0 Å². The fourth-order valence-corrected chi connectivity index (χ4v) is 7.09. The van der Waals surface area contributed by atoms with E-state index < -0.39 is 0 Å². The zero-order chi connectivity index (χ0) is 33.3. The van der Waals surface area contributed by atoms with Gasteiger partial charge in [0.25, 0.3) is 0 Å². The summed E-state index contributed by atoms with van der Waals surface area (Å²) >= 11 is 0. The van der Waals surface area contributed by atoms with Crippen LogP contribution >= 0.6 is 0 Å². The van der Waals surface area contributed by atoms with E-state index in [1.54, 1.807) is 0 Å². The lowest BCUT2D eigenvalue weighted by Gasteiger charge is -2.29. The summed E-state index contributed by atoms with van der Waals surface area (Å²) in [6.07, 6.45) is 0. The van der Waals surface area contributed by atoms with Crippen molar-refractivity contribution in [2.75, 3.05) is 4.90 Å². The quantitative estimate of drug-likeness (QED) is 0.173. The highest BCUT2D eigenvalue weighted by Crippen LogP contribution is 2.48. The Morgan fingerprint density at radius 3 is 1.60 bits per heavy atom. The summed E-state index contributed by atoms with van der Waals surface area (Å²) in [6.45, 7) is 0. The number of para-hydroxylation sites is 2. The van der Waals surface area contributed by atoms with Crippen molar-refractivity contribution in [3.05, 3.63) is 200 Å². The maximum Gasteiger partial charge on any atom is 0.145 e. The van der Waals surface area contributed by atoms with E-state index >= 15 is 0 Å². The highest BCUT2D eigenvalue weighted by molar-refractivity contribution is 6.17. The lowest BCUT2D eigenvalue weighted by atomic mass is 9.97. The lowest BCUT2D eigenvalue weighted by molar-refractivity contribution is 0.670. The molecule has 0 atom stereocenters. The minimum Gasteiger partial charge on any atom is -0.455 e. The summed E-state index contributed by atoms with van der Waals surface area (Å²) in [7, 11) is 0. The minimum absolute atomic E-state index is 0.871. The first kappa shape index (κ1) is 29.5. The van der Waals surface area contributed by atoms with Crippen LogP contribution in [0.2, 0.25) is 0 Å². The zero-order valence-electron chi connectivity index (χ0n) is 27.4. The molecule has 9 rings (SSSR count). The summed E-state index contributed by atoms with van der Waals surface area (Å²) in [4.78, 5) is 2.41. The largest absolute Gasteiger partial charge is 0.455 e. The van der Waals surface area contributed by atoms with Gasteiger partial charge in [0.15, 0.2) is 0 Å². The van der Waals surface area contributed by atoms with Crippen LogP contribution in [0.3, 0.4) is 0 Å². The van der Waals surface area contributed by atoms with E-state index in [4.69, 9.17) is 4.42 Å². The van der Waals surface area contributed by atoms with Gasteiger partial charge in [0, 0.05) is 22.2 Å². The van der Waals surface area contributed by atoms with Gasteiger partial charge in [0.05, 0.1) is 16.8 Å². The number of nitrogens with zero attached hydrogens (tertiary/aromatic N) is 1. The van der Waals surface area contributed by atoms with E-state index in [2.05, 4.69) is 199 Å². The van der Waals surface area contributed by atoms with Crippen molar-refractivity contribution in [1.82, 2.24) is 0 Å². The maximum absolute atomic E-state index is 6.73. The Hall–Kier alpha value is -6.64. The number of fused-ring (bicyclic) bond motifs is 3. The first-order valence-electron chi connectivity index (χ1n) is 17.0. The topological polar surface area (TPSA) is 16.4 Å². The molecule has 0 N–H and O–H groups in total. The maximum atomic E-state index is 6.73. The molecule has 0 radical (unpaired) electrons. The standard InChI is InChI=1S/C48H33NO/c1-4-15-34(16-5-1)35-27-29-36(30-28-35)39-21-14-22-40(33-39)49(44-25-12-10-23-41(44)37-17-6-2-7-18-37)45-32-31-42(38-19-8-3-9-20-38)48-47(45)43-24-11-13-26-46(43)50-48/h1-33H. The molecule has 0 unspecified atom stereocenters. The number of benzene rings is 8. The Balaban J connectivity index is 1.28. The molecule has 0 spiro atoms. The second-order valence-corrected chi connectivity index (χ2v) is 12.5. The van der Waals surface area contributed by atoms with E-state index in [1.165, 1.54) is 16.7 Å². The predicted octanol–water partition coefficient (Wildman–Crippen LogP) is 13.7. The molecule has 1 heterocycles. The Morgan fingerprint density at radius 2 is 0.880 bits per heavy atom. The van der Waals surface area contributed by atoms with Gasteiger partial charge in [-0.3, -0.25) is 0 Å². The van der Waals surface area contributed by atoms with Gasteiger partial charge in [-0.05, 0) is 69.8 Å². The van der Waals surface area contributed by atoms with Gasteiger partial charge in [-0.15, -0.1) is 0 Å². The molecule has 2 heteroatoms. The molecule has 8 aromatic carbocycles. The van der Waals surface area contributed by atoms with E-state index in [9.17, 15) is 0 Å². The number of hydrogen-bond acceptors (Lipinski definition) is 2. The molecule has 0 saturated carbocycles. The van der Waals surface area contributed by atoms with Crippen LogP contribution in [0, 0.1) is 0 Å². The van der Waals surface area contributed by atoms with Gasteiger partial charge < -0.3 is 9.32 Å². The van der Waals surface area contributed by atoms with Crippen LogP contribution in [0.1, 0.15) is 0 Å². The average molecular weight is 640 g/mol. The first-order chi connectivity index (χ1) is 24.8. The smallest absolute Gasteiger partial charge is 0.145 e. The molecule has 0 aliphatic rings. The van der Waals surface area contributed by atoms with E-state index in [0.717, 1.165) is 66.8 Å². The Bertz CT molecular complexity index is 2570. The summed E-state index contributed by atoms with van der Waals surface area (Å²) in [5.74, 6) is 0. The number of anilines is 3. The second kappa shape index (κ2) is 12.8. The molecule has 0 aliphatic heterocycles. The summed E-state index contributed by atoms with van der Waals surface area (Å²) < 4.78 is 6.73. The number of rotatable bonds is 7.